The molecular weight excluding hydrogens is 298 g/mol. The summed E-state index contributed by atoms with van der Waals surface area (Å²) in [7, 11) is 3.44. The molecule has 2 heterocycles. The summed E-state index contributed by atoms with van der Waals surface area (Å²) >= 11 is 0. The van der Waals surface area contributed by atoms with Crippen molar-refractivity contribution < 1.29 is 19.4 Å². The number of fused-ring (bicyclic) bond motifs is 1. The quantitative estimate of drug-likeness (QED) is 0.729. The molecule has 3 amide bonds. The van der Waals surface area contributed by atoms with E-state index in [0.717, 1.165) is 0 Å². The first-order valence-corrected chi connectivity index (χ1v) is 8.18. The van der Waals surface area contributed by atoms with Gasteiger partial charge in [-0.05, 0) is 33.6 Å². The number of carbonyl (C=O) groups excluding carboxylic acids is 2. The molecule has 0 aromatic rings. The lowest BCUT2D eigenvalue weighted by molar-refractivity contribution is -0.106. The Kier molecular flexibility index (Phi) is 4.80. The number of piperidine rings is 2. The van der Waals surface area contributed by atoms with Crippen molar-refractivity contribution in [1.29, 1.82) is 0 Å². The molecule has 2 saturated heterocycles. The molecule has 2 unspecified atom stereocenters. The van der Waals surface area contributed by atoms with E-state index in [2.05, 4.69) is 0 Å². The van der Waals surface area contributed by atoms with Crippen LogP contribution in [0.2, 0.25) is 0 Å². The summed E-state index contributed by atoms with van der Waals surface area (Å²) in [6.07, 6.45) is 0.732. The van der Waals surface area contributed by atoms with Gasteiger partial charge in [-0.15, -0.1) is 0 Å². The van der Waals surface area contributed by atoms with Gasteiger partial charge in [0.1, 0.15) is 5.60 Å². The number of carbonyl (C=O) groups is 2. The van der Waals surface area contributed by atoms with Gasteiger partial charge in [-0.1, -0.05) is 0 Å². The molecule has 0 aliphatic carbocycles. The van der Waals surface area contributed by atoms with Gasteiger partial charge in [0.25, 0.3) is 0 Å². The molecule has 1 N–H and O–H groups in total. The van der Waals surface area contributed by atoms with Crippen LogP contribution in [0.15, 0.2) is 0 Å². The fraction of sp³-hybridized carbons (Fsp3) is 0.875. The summed E-state index contributed by atoms with van der Waals surface area (Å²) in [5.74, 6) is -0.138. The zero-order chi connectivity index (χ0) is 17.4. The second-order valence-corrected chi connectivity index (χ2v) is 7.85. The molecule has 132 valence electrons. The van der Waals surface area contributed by atoms with Gasteiger partial charge >= 0.3 is 12.1 Å². The number of hydrogen-bond donors (Lipinski definition) is 1. The van der Waals surface area contributed by atoms with Gasteiger partial charge in [-0.25, -0.2) is 9.59 Å². The van der Waals surface area contributed by atoms with Crippen LogP contribution in [0.4, 0.5) is 9.59 Å². The first kappa shape index (κ1) is 17.8. The maximum atomic E-state index is 12.2. The molecule has 7 heteroatoms. The van der Waals surface area contributed by atoms with E-state index in [1.54, 1.807) is 28.8 Å². The third-order valence-corrected chi connectivity index (χ3v) is 4.58. The monoisotopic (exact) mass is 327 g/mol. The SMILES string of the molecule is CN(C)C(=O)N1CCC2(O)CCN(C(=O)OC(C)(C)C)CC2C1. The fourth-order valence-corrected chi connectivity index (χ4v) is 3.25. The molecule has 2 aliphatic rings. The number of rotatable bonds is 0. The van der Waals surface area contributed by atoms with Crippen LogP contribution in [-0.4, -0.2) is 83.4 Å². The molecular formula is C16H29N3O4. The van der Waals surface area contributed by atoms with Crippen molar-refractivity contribution in [3.63, 3.8) is 0 Å². The van der Waals surface area contributed by atoms with Crippen molar-refractivity contribution in [3.05, 3.63) is 0 Å². The highest BCUT2D eigenvalue weighted by atomic mass is 16.6. The van der Waals surface area contributed by atoms with E-state index in [1.807, 2.05) is 20.8 Å². The zero-order valence-electron chi connectivity index (χ0n) is 14.8. The fourth-order valence-electron chi connectivity index (χ4n) is 3.25. The standard InChI is InChI=1S/C16H29N3O4/c1-15(2,3)23-14(21)19-9-7-16(22)6-8-18(10-12(16)11-19)13(20)17(4)5/h12,22H,6-11H2,1-5H3. The largest absolute Gasteiger partial charge is 0.444 e. The molecule has 0 radical (unpaired) electrons. The Morgan fingerprint density at radius 3 is 2.17 bits per heavy atom. The molecule has 0 aromatic carbocycles. The Hall–Kier alpha value is -1.50. The lowest BCUT2D eigenvalue weighted by atomic mass is 9.76. The normalized spacial score (nSPS) is 28.2. The highest BCUT2D eigenvalue weighted by Crippen LogP contribution is 2.36. The van der Waals surface area contributed by atoms with Crippen LogP contribution >= 0.6 is 0 Å². The average Bonchev–Trinajstić information content (AvgIpc) is 2.43. The number of likely N-dealkylation sites (tertiary alicyclic amines) is 2. The minimum atomic E-state index is -0.790. The molecule has 2 atom stereocenters. The Morgan fingerprint density at radius 2 is 1.65 bits per heavy atom. The summed E-state index contributed by atoms with van der Waals surface area (Å²) < 4.78 is 5.42. The van der Waals surface area contributed by atoms with Crippen LogP contribution in [0.1, 0.15) is 33.6 Å². The Balaban J connectivity index is 2.03. The first-order valence-electron chi connectivity index (χ1n) is 8.18. The summed E-state index contributed by atoms with van der Waals surface area (Å²) in [6.45, 7) is 7.44. The van der Waals surface area contributed by atoms with Crippen molar-refractivity contribution >= 4 is 12.1 Å². The zero-order valence-corrected chi connectivity index (χ0v) is 14.8. The second-order valence-electron chi connectivity index (χ2n) is 7.85. The van der Waals surface area contributed by atoms with Gasteiger partial charge in [0.2, 0.25) is 0 Å². The van der Waals surface area contributed by atoms with E-state index in [4.69, 9.17) is 4.74 Å². The summed E-state index contributed by atoms with van der Waals surface area (Å²) in [6, 6.07) is -0.0542. The number of aliphatic hydroxyl groups is 1. The van der Waals surface area contributed by atoms with Crippen LogP contribution in [0.25, 0.3) is 0 Å². The lowest BCUT2D eigenvalue weighted by Gasteiger charge is -2.50. The van der Waals surface area contributed by atoms with Crippen LogP contribution < -0.4 is 0 Å². The molecule has 2 aliphatic heterocycles. The topological polar surface area (TPSA) is 73.3 Å². The van der Waals surface area contributed by atoms with Crippen molar-refractivity contribution in [2.75, 3.05) is 40.3 Å². The third-order valence-electron chi connectivity index (χ3n) is 4.58. The maximum absolute atomic E-state index is 12.2. The minimum Gasteiger partial charge on any atom is -0.444 e. The van der Waals surface area contributed by atoms with Gasteiger partial charge in [-0.2, -0.15) is 0 Å². The smallest absolute Gasteiger partial charge is 0.410 e. The van der Waals surface area contributed by atoms with Gasteiger partial charge < -0.3 is 24.5 Å². The van der Waals surface area contributed by atoms with Crippen LogP contribution in [0.5, 0.6) is 0 Å². The van der Waals surface area contributed by atoms with Crippen molar-refractivity contribution in [3.8, 4) is 0 Å². The van der Waals surface area contributed by atoms with Gasteiger partial charge in [0, 0.05) is 46.2 Å². The lowest BCUT2D eigenvalue weighted by Crippen LogP contribution is -2.62. The van der Waals surface area contributed by atoms with E-state index in [9.17, 15) is 14.7 Å². The van der Waals surface area contributed by atoms with E-state index in [1.165, 1.54) is 0 Å². The molecule has 23 heavy (non-hydrogen) atoms. The molecule has 0 bridgehead atoms. The molecule has 0 spiro atoms. The van der Waals surface area contributed by atoms with Crippen molar-refractivity contribution in [2.45, 2.75) is 44.8 Å². The van der Waals surface area contributed by atoms with Gasteiger partial charge in [0.05, 0.1) is 5.60 Å². The highest BCUT2D eigenvalue weighted by molar-refractivity contribution is 5.74. The molecule has 7 nitrogen and oxygen atoms in total. The third kappa shape index (κ3) is 4.07. The van der Waals surface area contributed by atoms with Crippen LogP contribution in [-0.2, 0) is 4.74 Å². The molecule has 2 rings (SSSR count). The summed E-state index contributed by atoms with van der Waals surface area (Å²) in [4.78, 5) is 29.3. The van der Waals surface area contributed by atoms with Crippen molar-refractivity contribution in [1.82, 2.24) is 14.7 Å². The van der Waals surface area contributed by atoms with Crippen molar-refractivity contribution in [2.24, 2.45) is 5.92 Å². The minimum absolute atomic E-state index is 0.0542. The maximum Gasteiger partial charge on any atom is 0.410 e. The molecule has 0 aromatic heterocycles. The molecule has 2 fully saturated rings. The average molecular weight is 327 g/mol. The number of amides is 3. The van der Waals surface area contributed by atoms with E-state index >= 15 is 0 Å². The second kappa shape index (κ2) is 6.19. The van der Waals surface area contributed by atoms with Gasteiger partial charge in [0.15, 0.2) is 0 Å². The Morgan fingerprint density at radius 1 is 1.13 bits per heavy atom. The number of ether oxygens (including phenoxy) is 1. The first-order chi connectivity index (χ1) is 10.5. The van der Waals surface area contributed by atoms with E-state index in [0.29, 0.717) is 39.0 Å². The Labute approximate surface area is 138 Å². The predicted molar refractivity (Wildman–Crippen MR) is 86.1 cm³/mol. The highest BCUT2D eigenvalue weighted by Gasteiger charge is 2.47. The summed E-state index contributed by atoms with van der Waals surface area (Å²) in [5, 5.41) is 10.8. The number of urea groups is 1. The van der Waals surface area contributed by atoms with E-state index < -0.39 is 11.2 Å². The Bertz CT molecular complexity index is 474. The molecule has 0 saturated carbocycles. The van der Waals surface area contributed by atoms with E-state index in [-0.39, 0.29) is 18.0 Å². The van der Waals surface area contributed by atoms with Gasteiger partial charge in [-0.3, -0.25) is 0 Å². The number of nitrogens with zero attached hydrogens (tertiary/aromatic N) is 3. The number of hydrogen-bond acceptors (Lipinski definition) is 4. The van der Waals surface area contributed by atoms with Crippen LogP contribution in [0.3, 0.4) is 0 Å². The van der Waals surface area contributed by atoms with Crippen LogP contribution in [0, 0.1) is 5.92 Å². The predicted octanol–water partition coefficient (Wildman–Crippen LogP) is 1.36. The summed E-state index contributed by atoms with van der Waals surface area (Å²) in [5.41, 5.74) is -1.33.